The Morgan fingerprint density at radius 1 is 1.39 bits per heavy atom. The predicted octanol–water partition coefficient (Wildman–Crippen LogP) is 2.83. The number of hydrogen-bond donors (Lipinski definition) is 2. The van der Waals surface area contributed by atoms with Gasteiger partial charge in [-0.25, -0.2) is 9.89 Å². The van der Waals surface area contributed by atoms with Crippen LogP contribution in [0.3, 0.4) is 0 Å². The quantitative estimate of drug-likeness (QED) is 0.538. The molecule has 1 aromatic carbocycles. The number of nitrogens with zero attached hydrogens (tertiary/aromatic N) is 2. The Hall–Kier alpha value is -2.28. The van der Waals surface area contributed by atoms with Crippen LogP contribution < -0.4 is 5.69 Å². The van der Waals surface area contributed by atoms with E-state index in [2.05, 4.69) is 15.2 Å². The Kier molecular flexibility index (Phi) is 4.38. The van der Waals surface area contributed by atoms with Gasteiger partial charge >= 0.3 is 5.69 Å². The summed E-state index contributed by atoms with van der Waals surface area (Å²) in [7, 11) is 0. The minimum absolute atomic E-state index is 0.0194. The van der Waals surface area contributed by atoms with Gasteiger partial charge < -0.3 is 4.98 Å². The first-order valence-electron chi connectivity index (χ1n) is 7.54. The number of hydrogen-bond acceptors (Lipinski definition) is 4. The number of aromatic amines is 2. The summed E-state index contributed by atoms with van der Waals surface area (Å²) < 4.78 is 1.57. The molecule has 6 nitrogen and oxygen atoms in total. The van der Waals surface area contributed by atoms with Crippen LogP contribution in [0.2, 0.25) is 0 Å². The van der Waals surface area contributed by atoms with E-state index in [0.717, 1.165) is 17.3 Å². The molecule has 0 aliphatic carbocycles. The van der Waals surface area contributed by atoms with E-state index in [1.165, 1.54) is 11.8 Å². The van der Waals surface area contributed by atoms with E-state index in [1.54, 1.807) is 10.8 Å². The Balaban J connectivity index is 1.85. The summed E-state index contributed by atoms with van der Waals surface area (Å²) in [6.45, 7) is 4.42. The van der Waals surface area contributed by atoms with E-state index in [4.69, 9.17) is 0 Å². The molecule has 0 spiro atoms. The van der Waals surface area contributed by atoms with Gasteiger partial charge in [0.05, 0.1) is 5.25 Å². The molecule has 7 heteroatoms. The lowest BCUT2D eigenvalue weighted by molar-refractivity contribution is 0.0995. The van der Waals surface area contributed by atoms with Crippen LogP contribution in [0.25, 0.3) is 10.9 Å². The smallest absolute Gasteiger partial charge is 0.343 e. The summed E-state index contributed by atoms with van der Waals surface area (Å²) >= 11 is 1.30. The minimum atomic E-state index is -0.333. The predicted molar refractivity (Wildman–Crippen MR) is 91.1 cm³/mol. The van der Waals surface area contributed by atoms with Gasteiger partial charge in [0, 0.05) is 29.2 Å². The van der Waals surface area contributed by atoms with Gasteiger partial charge in [-0.2, -0.15) is 0 Å². The van der Waals surface area contributed by atoms with Crippen LogP contribution >= 0.6 is 11.8 Å². The topological polar surface area (TPSA) is 83.5 Å². The number of fused-ring (bicyclic) bond motifs is 1. The van der Waals surface area contributed by atoms with Crippen LogP contribution in [0.15, 0.2) is 40.4 Å². The third-order valence-electron chi connectivity index (χ3n) is 3.68. The van der Waals surface area contributed by atoms with E-state index < -0.39 is 0 Å². The maximum atomic E-state index is 12.7. The average Bonchev–Trinajstić information content (AvgIpc) is 3.13. The number of ketones is 1. The summed E-state index contributed by atoms with van der Waals surface area (Å²) in [5.74, 6) is 0.0194. The Morgan fingerprint density at radius 2 is 2.17 bits per heavy atom. The van der Waals surface area contributed by atoms with Crippen molar-refractivity contribution in [2.24, 2.45) is 0 Å². The van der Waals surface area contributed by atoms with Gasteiger partial charge in [0.2, 0.25) is 0 Å². The highest BCUT2D eigenvalue weighted by atomic mass is 32.2. The monoisotopic (exact) mass is 330 g/mol. The zero-order valence-electron chi connectivity index (χ0n) is 13.0. The van der Waals surface area contributed by atoms with Crippen molar-refractivity contribution in [3.05, 3.63) is 46.5 Å². The van der Waals surface area contributed by atoms with Crippen LogP contribution in [0.5, 0.6) is 0 Å². The number of carbonyl (C=O) groups is 1. The second-order valence-electron chi connectivity index (χ2n) is 5.34. The van der Waals surface area contributed by atoms with Crippen molar-refractivity contribution in [2.45, 2.75) is 37.2 Å². The number of nitrogens with one attached hydrogen (secondary N) is 2. The fraction of sp³-hybridized carbons (Fsp3) is 0.312. The van der Waals surface area contributed by atoms with E-state index in [-0.39, 0.29) is 16.7 Å². The lowest BCUT2D eigenvalue weighted by atomic mass is 10.1. The molecule has 2 N–H and O–H groups in total. The zero-order valence-corrected chi connectivity index (χ0v) is 13.8. The second-order valence-corrected chi connectivity index (χ2v) is 6.64. The molecule has 0 unspecified atom stereocenters. The molecule has 0 fully saturated rings. The van der Waals surface area contributed by atoms with E-state index in [0.29, 0.717) is 17.3 Å². The third kappa shape index (κ3) is 2.96. The largest absolute Gasteiger partial charge is 0.360 e. The lowest BCUT2D eigenvalue weighted by Crippen LogP contribution is -2.19. The highest BCUT2D eigenvalue weighted by Gasteiger charge is 2.22. The minimum Gasteiger partial charge on any atom is -0.360 e. The molecule has 2 aromatic heterocycles. The van der Waals surface area contributed by atoms with Gasteiger partial charge in [-0.1, -0.05) is 36.9 Å². The zero-order chi connectivity index (χ0) is 16.4. The first kappa shape index (κ1) is 15.6. The summed E-state index contributed by atoms with van der Waals surface area (Å²) in [5, 5.41) is 7.61. The highest BCUT2D eigenvalue weighted by Crippen LogP contribution is 2.26. The molecule has 0 saturated heterocycles. The molecule has 0 aliphatic heterocycles. The molecule has 0 saturated carbocycles. The normalized spacial score (nSPS) is 12.6. The van der Waals surface area contributed by atoms with Crippen LogP contribution in [0, 0.1) is 0 Å². The van der Waals surface area contributed by atoms with Crippen molar-refractivity contribution in [3.63, 3.8) is 0 Å². The molecule has 2 heterocycles. The number of rotatable bonds is 6. The number of para-hydroxylation sites is 1. The summed E-state index contributed by atoms with van der Waals surface area (Å²) in [5.41, 5.74) is 1.37. The van der Waals surface area contributed by atoms with Crippen LogP contribution in [0.1, 0.15) is 30.6 Å². The summed E-state index contributed by atoms with van der Waals surface area (Å²) in [6, 6.07) is 7.71. The van der Waals surface area contributed by atoms with Crippen molar-refractivity contribution in [3.8, 4) is 0 Å². The molecule has 120 valence electrons. The molecular formula is C16H18N4O2S. The molecule has 3 rings (SSSR count). The molecule has 23 heavy (non-hydrogen) atoms. The lowest BCUT2D eigenvalue weighted by Gasteiger charge is -2.09. The fourth-order valence-corrected chi connectivity index (χ4v) is 3.47. The number of carbonyl (C=O) groups excluding carboxylic acids is 1. The molecule has 1 atom stereocenters. The van der Waals surface area contributed by atoms with E-state index >= 15 is 0 Å². The number of thioether (sulfide) groups is 1. The van der Waals surface area contributed by atoms with Crippen LogP contribution in [0.4, 0.5) is 0 Å². The average molecular weight is 330 g/mol. The van der Waals surface area contributed by atoms with Crippen molar-refractivity contribution in [2.75, 3.05) is 0 Å². The molecular weight excluding hydrogens is 312 g/mol. The molecule has 0 aliphatic rings. The van der Waals surface area contributed by atoms with Gasteiger partial charge in [-0.15, -0.1) is 5.10 Å². The van der Waals surface area contributed by atoms with E-state index in [9.17, 15) is 9.59 Å². The summed E-state index contributed by atoms with van der Waals surface area (Å²) in [4.78, 5) is 27.6. The van der Waals surface area contributed by atoms with Crippen LogP contribution in [-0.4, -0.2) is 30.8 Å². The van der Waals surface area contributed by atoms with Crippen LogP contribution in [-0.2, 0) is 6.54 Å². The molecule has 3 aromatic rings. The number of aromatic nitrogens is 4. The Labute approximate surface area is 137 Å². The van der Waals surface area contributed by atoms with Gasteiger partial charge in [0.25, 0.3) is 0 Å². The molecule has 0 bridgehead atoms. The third-order valence-corrected chi connectivity index (χ3v) is 4.77. The standard InChI is InChI=1S/C16H18N4O2S/c1-3-8-20-15(22)18-19-16(20)23-10(2)14(21)12-9-17-13-7-5-4-6-11(12)13/h4-7,9-10,17H,3,8H2,1-2H3,(H,18,22)/t10-/m0/s1. The van der Waals surface area contributed by atoms with Crippen molar-refractivity contribution in [1.29, 1.82) is 0 Å². The highest BCUT2D eigenvalue weighted by molar-refractivity contribution is 8.00. The number of H-pyrrole nitrogens is 2. The SMILES string of the molecule is CCCn1c(S[C@@H](C)C(=O)c2c[nH]c3ccccc23)n[nH]c1=O. The van der Waals surface area contributed by atoms with Gasteiger partial charge in [-0.05, 0) is 19.4 Å². The van der Waals surface area contributed by atoms with E-state index in [1.807, 2.05) is 38.1 Å². The van der Waals surface area contributed by atoms with Crippen molar-refractivity contribution in [1.82, 2.24) is 19.7 Å². The first-order valence-corrected chi connectivity index (χ1v) is 8.42. The van der Waals surface area contributed by atoms with Gasteiger partial charge in [-0.3, -0.25) is 9.36 Å². The maximum Gasteiger partial charge on any atom is 0.343 e. The van der Waals surface area contributed by atoms with Gasteiger partial charge in [0.15, 0.2) is 10.9 Å². The van der Waals surface area contributed by atoms with Crippen molar-refractivity contribution >= 4 is 28.4 Å². The van der Waals surface area contributed by atoms with Crippen molar-refractivity contribution < 1.29 is 4.79 Å². The second kappa shape index (κ2) is 6.45. The number of benzene rings is 1. The maximum absolute atomic E-state index is 12.7. The van der Waals surface area contributed by atoms with Gasteiger partial charge in [0.1, 0.15) is 0 Å². The fourth-order valence-electron chi connectivity index (χ4n) is 2.52. The Bertz CT molecular complexity index is 893. The molecule has 0 amide bonds. The summed E-state index contributed by atoms with van der Waals surface area (Å²) in [6.07, 6.45) is 2.57. The first-order chi connectivity index (χ1) is 11.1. The molecule has 0 radical (unpaired) electrons. The number of Topliss-reactive ketones (excluding diaryl/α,β-unsaturated/α-hetero) is 1. The Morgan fingerprint density at radius 3 is 2.96 bits per heavy atom.